The number of carbonyl (C=O) groups is 2. The van der Waals surface area contributed by atoms with Gasteiger partial charge < -0.3 is 16.0 Å². The maximum Gasteiger partial charge on any atom is 0.319 e. The highest BCUT2D eigenvalue weighted by molar-refractivity contribution is 6.34. The molecule has 9 heteroatoms. The van der Waals surface area contributed by atoms with Crippen LogP contribution in [-0.2, 0) is 4.79 Å². The Morgan fingerprint density at radius 1 is 1.11 bits per heavy atom. The lowest BCUT2D eigenvalue weighted by molar-refractivity contribution is -0.114. The van der Waals surface area contributed by atoms with Crippen LogP contribution in [0.1, 0.15) is 32.6 Å². The van der Waals surface area contributed by atoms with Crippen LogP contribution in [0.5, 0.6) is 0 Å². The Kier molecular flexibility index (Phi) is 5.79. The molecule has 1 aromatic carbocycles. The van der Waals surface area contributed by atoms with Gasteiger partial charge in [-0.3, -0.25) is 9.20 Å². The van der Waals surface area contributed by atoms with Crippen LogP contribution in [0.15, 0.2) is 42.6 Å². The zero-order valence-corrected chi connectivity index (χ0v) is 16.5. The average Bonchev–Trinajstić information content (AvgIpc) is 3.05. The minimum Gasteiger partial charge on any atom is -0.328 e. The highest BCUT2D eigenvalue weighted by atomic mass is 35.5. The van der Waals surface area contributed by atoms with Crippen molar-refractivity contribution >= 4 is 40.6 Å². The Bertz CT molecular complexity index is 1020. The van der Waals surface area contributed by atoms with Gasteiger partial charge in [-0.25, -0.2) is 4.79 Å². The Morgan fingerprint density at radius 3 is 2.57 bits per heavy atom. The first-order valence-corrected chi connectivity index (χ1v) is 9.17. The second kappa shape index (κ2) is 8.26. The second-order valence-electron chi connectivity index (χ2n) is 6.68. The molecular weight excluding hydrogens is 380 g/mol. The third-order valence-electron chi connectivity index (χ3n) is 4.11. The smallest absolute Gasteiger partial charge is 0.319 e. The number of benzene rings is 1. The summed E-state index contributed by atoms with van der Waals surface area (Å²) in [6, 6.07) is 9.71. The van der Waals surface area contributed by atoms with Gasteiger partial charge in [-0.1, -0.05) is 31.5 Å². The molecule has 8 nitrogen and oxygen atoms in total. The number of aromatic nitrogens is 3. The van der Waals surface area contributed by atoms with Gasteiger partial charge in [-0.05, 0) is 36.2 Å². The number of pyridine rings is 1. The van der Waals surface area contributed by atoms with E-state index < -0.39 is 6.03 Å². The van der Waals surface area contributed by atoms with E-state index in [0.717, 1.165) is 0 Å². The highest BCUT2D eigenvalue weighted by Gasteiger charge is 2.24. The number of fused-ring (bicyclic) bond motifs is 1. The van der Waals surface area contributed by atoms with Gasteiger partial charge >= 0.3 is 6.03 Å². The first-order valence-electron chi connectivity index (χ1n) is 8.79. The highest BCUT2D eigenvalue weighted by Crippen LogP contribution is 2.26. The number of nitrogens with one attached hydrogen (secondary N) is 3. The zero-order valence-electron chi connectivity index (χ0n) is 15.7. The van der Waals surface area contributed by atoms with E-state index in [1.54, 1.807) is 18.2 Å². The Labute approximate surface area is 167 Å². The molecule has 1 atom stereocenters. The lowest BCUT2D eigenvalue weighted by Crippen LogP contribution is -2.36. The molecule has 0 bridgehead atoms. The van der Waals surface area contributed by atoms with Gasteiger partial charge in [-0.15, -0.1) is 10.2 Å². The second-order valence-corrected chi connectivity index (χ2v) is 7.09. The first-order chi connectivity index (χ1) is 13.3. The molecule has 3 N–H and O–H groups in total. The fourth-order valence-corrected chi connectivity index (χ4v) is 3.03. The standard InChI is InChI=1S/C19H21ClN6O2/c1-11(2)17(18-25-24-16-6-4-5-9-26(16)18)23-19(28)22-15-8-7-13(10-14(15)20)21-12(3)27/h4-11,17H,1-3H3,(H,21,27)(H2,22,23,28). The third kappa shape index (κ3) is 4.40. The number of hydrogen-bond donors (Lipinski definition) is 3. The summed E-state index contributed by atoms with van der Waals surface area (Å²) in [6.45, 7) is 5.39. The van der Waals surface area contributed by atoms with Crippen LogP contribution in [0.25, 0.3) is 5.65 Å². The number of halogens is 1. The Morgan fingerprint density at radius 2 is 1.89 bits per heavy atom. The number of anilines is 2. The maximum atomic E-state index is 12.6. The number of amides is 3. The van der Waals surface area contributed by atoms with Crippen LogP contribution >= 0.6 is 11.6 Å². The van der Waals surface area contributed by atoms with Gasteiger partial charge in [0.05, 0.1) is 16.8 Å². The van der Waals surface area contributed by atoms with Crippen LogP contribution in [0.2, 0.25) is 5.02 Å². The monoisotopic (exact) mass is 400 g/mol. The minimum absolute atomic E-state index is 0.0796. The van der Waals surface area contributed by atoms with Gasteiger partial charge in [0.15, 0.2) is 11.5 Å². The summed E-state index contributed by atoms with van der Waals surface area (Å²) in [7, 11) is 0. The van der Waals surface area contributed by atoms with Crippen LogP contribution < -0.4 is 16.0 Å². The van der Waals surface area contributed by atoms with Crippen LogP contribution in [-0.4, -0.2) is 26.5 Å². The van der Waals surface area contributed by atoms with E-state index in [-0.39, 0.29) is 17.9 Å². The van der Waals surface area contributed by atoms with Crippen LogP contribution in [0, 0.1) is 5.92 Å². The zero-order chi connectivity index (χ0) is 20.3. The maximum absolute atomic E-state index is 12.6. The van der Waals surface area contributed by atoms with Crippen molar-refractivity contribution in [3.05, 3.63) is 53.4 Å². The molecule has 3 amide bonds. The first kappa shape index (κ1) is 19.6. The normalized spacial score (nSPS) is 12.0. The summed E-state index contributed by atoms with van der Waals surface area (Å²) in [6.07, 6.45) is 1.86. The van der Waals surface area contributed by atoms with Crippen LogP contribution in [0.3, 0.4) is 0 Å². The third-order valence-corrected chi connectivity index (χ3v) is 4.42. The summed E-state index contributed by atoms with van der Waals surface area (Å²) in [5.74, 6) is 0.527. The molecule has 0 aliphatic heterocycles. The molecule has 3 aromatic rings. The number of nitrogens with zero attached hydrogens (tertiary/aromatic N) is 3. The SMILES string of the molecule is CC(=O)Nc1ccc(NC(=O)NC(c2nnc3ccccn23)C(C)C)c(Cl)c1. The van der Waals surface area contributed by atoms with Crippen molar-refractivity contribution in [1.29, 1.82) is 0 Å². The van der Waals surface area contributed by atoms with Gasteiger partial charge in [0.2, 0.25) is 5.91 Å². The van der Waals surface area contributed by atoms with E-state index in [9.17, 15) is 9.59 Å². The molecule has 28 heavy (non-hydrogen) atoms. The average molecular weight is 401 g/mol. The summed E-state index contributed by atoms with van der Waals surface area (Å²) in [5, 5.41) is 17.0. The predicted octanol–water partition coefficient (Wildman–Crippen LogP) is 3.86. The van der Waals surface area contributed by atoms with E-state index >= 15 is 0 Å². The largest absolute Gasteiger partial charge is 0.328 e. The molecule has 0 saturated heterocycles. The number of hydrogen-bond acceptors (Lipinski definition) is 4. The fourth-order valence-electron chi connectivity index (χ4n) is 2.80. The van der Waals surface area contributed by atoms with Gasteiger partial charge in [0.1, 0.15) is 0 Å². The van der Waals surface area contributed by atoms with Gasteiger partial charge in [0.25, 0.3) is 0 Å². The van der Waals surface area contributed by atoms with Crippen molar-refractivity contribution in [2.45, 2.75) is 26.8 Å². The summed E-state index contributed by atoms with van der Waals surface area (Å²) < 4.78 is 1.85. The van der Waals surface area contributed by atoms with E-state index in [4.69, 9.17) is 11.6 Å². The number of urea groups is 1. The number of carbonyl (C=O) groups excluding carboxylic acids is 2. The fraction of sp³-hybridized carbons (Fsp3) is 0.263. The van der Waals surface area contributed by atoms with E-state index in [1.165, 1.54) is 6.92 Å². The van der Waals surface area contributed by atoms with Crippen molar-refractivity contribution in [2.24, 2.45) is 5.92 Å². The van der Waals surface area contributed by atoms with Crippen molar-refractivity contribution in [1.82, 2.24) is 19.9 Å². The molecule has 2 heterocycles. The lowest BCUT2D eigenvalue weighted by Gasteiger charge is -2.21. The van der Waals surface area contributed by atoms with Crippen molar-refractivity contribution in [3.63, 3.8) is 0 Å². The van der Waals surface area contributed by atoms with Gasteiger partial charge in [0, 0.05) is 18.8 Å². The van der Waals surface area contributed by atoms with Gasteiger partial charge in [-0.2, -0.15) is 0 Å². The molecule has 0 fully saturated rings. The summed E-state index contributed by atoms with van der Waals surface area (Å²) in [4.78, 5) is 23.7. The quantitative estimate of drug-likeness (QED) is 0.605. The molecule has 2 aromatic heterocycles. The number of rotatable bonds is 5. The molecule has 0 spiro atoms. The van der Waals surface area contributed by atoms with Crippen molar-refractivity contribution < 1.29 is 9.59 Å². The molecule has 0 aliphatic carbocycles. The van der Waals surface area contributed by atoms with E-state index in [2.05, 4.69) is 26.1 Å². The van der Waals surface area contributed by atoms with Crippen molar-refractivity contribution in [2.75, 3.05) is 10.6 Å². The minimum atomic E-state index is -0.416. The molecule has 0 saturated carbocycles. The molecule has 146 valence electrons. The molecule has 3 rings (SSSR count). The van der Waals surface area contributed by atoms with Crippen molar-refractivity contribution in [3.8, 4) is 0 Å². The molecular formula is C19H21ClN6O2. The molecule has 0 aliphatic rings. The van der Waals surface area contributed by atoms with Crippen LogP contribution in [0.4, 0.5) is 16.2 Å². The Balaban J connectivity index is 1.76. The molecule has 1 unspecified atom stereocenters. The van der Waals surface area contributed by atoms with E-state index in [1.807, 2.05) is 42.6 Å². The lowest BCUT2D eigenvalue weighted by atomic mass is 10.0. The molecule has 0 radical (unpaired) electrons. The van der Waals surface area contributed by atoms with E-state index in [0.29, 0.717) is 27.9 Å². The summed E-state index contributed by atoms with van der Waals surface area (Å²) >= 11 is 6.21. The topological polar surface area (TPSA) is 100 Å². The predicted molar refractivity (Wildman–Crippen MR) is 108 cm³/mol. The Hall–Kier alpha value is -3.13. The summed E-state index contributed by atoms with van der Waals surface area (Å²) in [5.41, 5.74) is 1.70.